The van der Waals surface area contributed by atoms with Crippen LogP contribution in [0.2, 0.25) is 0 Å². The van der Waals surface area contributed by atoms with Crippen LogP contribution in [0.5, 0.6) is 5.75 Å². The number of aromatic hydroxyl groups is 1. The van der Waals surface area contributed by atoms with Gasteiger partial charge in [0, 0.05) is 6.54 Å². The lowest BCUT2D eigenvalue weighted by molar-refractivity contribution is 0.458. The van der Waals surface area contributed by atoms with Gasteiger partial charge >= 0.3 is 0 Å². The molecule has 0 saturated carbocycles. The van der Waals surface area contributed by atoms with Crippen LogP contribution < -0.4 is 4.72 Å². The smallest absolute Gasteiger partial charge is 0.244 e. The first-order chi connectivity index (χ1) is 7.58. The maximum absolute atomic E-state index is 11.7. The number of sulfonamides is 1. The Morgan fingerprint density at radius 3 is 2.56 bits per heavy atom. The zero-order chi connectivity index (χ0) is 12.0. The van der Waals surface area contributed by atoms with Crippen LogP contribution in [-0.2, 0) is 10.0 Å². The Morgan fingerprint density at radius 1 is 1.25 bits per heavy atom. The molecular formula is C11H17NO3S. The second-order valence-electron chi connectivity index (χ2n) is 3.57. The molecule has 0 spiro atoms. The summed E-state index contributed by atoms with van der Waals surface area (Å²) >= 11 is 0. The summed E-state index contributed by atoms with van der Waals surface area (Å²) in [5, 5.41) is 9.43. The summed E-state index contributed by atoms with van der Waals surface area (Å²) in [4.78, 5) is -0.0634. The van der Waals surface area contributed by atoms with Gasteiger partial charge in [-0.05, 0) is 18.6 Å². The predicted molar refractivity (Wildman–Crippen MR) is 62.8 cm³/mol. The first-order valence-corrected chi connectivity index (χ1v) is 6.84. The van der Waals surface area contributed by atoms with Crippen molar-refractivity contribution in [2.45, 2.75) is 31.1 Å². The van der Waals surface area contributed by atoms with Crippen molar-refractivity contribution in [1.29, 1.82) is 0 Å². The third kappa shape index (κ3) is 3.50. The molecular weight excluding hydrogens is 226 g/mol. The Hall–Kier alpha value is -1.07. The maximum atomic E-state index is 11.7. The molecule has 90 valence electrons. The van der Waals surface area contributed by atoms with Gasteiger partial charge in [-0.3, -0.25) is 0 Å². The highest BCUT2D eigenvalue weighted by Gasteiger charge is 2.16. The molecule has 0 radical (unpaired) electrons. The summed E-state index contributed by atoms with van der Waals surface area (Å²) in [5.74, 6) is -0.217. The molecule has 4 nitrogen and oxygen atoms in total. The predicted octanol–water partition coefficient (Wildman–Crippen LogP) is 1.86. The zero-order valence-electron chi connectivity index (χ0n) is 9.31. The molecule has 0 unspecified atom stereocenters. The van der Waals surface area contributed by atoms with Gasteiger partial charge in [-0.25, -0.2) is 13.1 Å². The summed E-state index contributed by atoms with van der Waals surface area (Å²) < 4.78 is 26.0. The minimum atomic E-state index is -3.57. The molecule has 0 amide bonds. The van der Waals surface area contributed by atoms with Crippen molar-refractivity contribution in [1.82, 2.24) is 4.72 Å². The van der Waals surface area contributed by atoms with Crippen molar-refractivity contribution in [2.24, 2.45) is 0 Å². The normalized spacial score (nSPS) is 11.6. The summed E-state index contributed by atoms with van der Waals surface area (Å²) in [6.07, 6.45) is 2.84. The van der Waals surface area contributed by atoms with E-state index < -0.39 is 10.0 Å². The number of para-hydroxylation sites is 1. The number of hydrogen-bond acceptors (Lipinski definition) is 3. The molecule has 2 N–H and O–H groups in total. The van der Waals surface area contributed by atoms with Crippen LogP contribution in [0, 0.1) is 0 Å². The van der Waals surface area contributed by atoms with E-state index in [-0.39, 0.29) is 10.6 Å². The average molecular weight is 243 g/mol. The van der Waals surface area contributed by atoms with Crippen molar-refractivity contribution in [2.75, 3.05) is 6.54 Å². The van der Waals surface area contributed by atoms with Crippen LogP contribution in [0.4, 0.5) is 0 Å². The standard InChI is InChI=1S/C11H17NO3S/c1-2-3-6-9-12-16(14,15)11-8-5-4-7-10(11)13/h4-5,7-8,12-13H,2-3,6,9H2,1H3. The van der Waals surface area contributed by atoms with E-state index in [0.29, 0.717) is 6.54 Å². The van der Waals surface area contributed by atoms with Crippen LogP contribution in [0.1, 0.15) is 26.2 Å². The summed E-state index contributed by atoms with van der Waals surface area (Å²) in [6.45, 7) is 2.46. The molecule has 1 aromatic rings. The monoisotopic (exact) mass is 243 g/mol. The van der Waals surface area contributed by atoms with E-state index in [9.17, 15) is 13.5 Å². The molecule has 0 aliphatic carbocycles. The van der Waals surface area contributed by atoms with Gasteiger partial charge in [-0.15, -0.1) is 0 Å². The molecule has 0 atom stereocenters. The van der Waals surface area contributed by atoms with Gasteiger partial charge in [0.15, 0.2) is 0 Å². The minimum absolute atomic E-state index is 0.0634. The fraction of sp³-hybridized carbons (Fsp3) is 0.455. The lowest BCUT2D eigenvalue weighted by atomic mass is 10.3. The topological polar surface area (TPSA) is 66.4 Å². The third-order valence-corrected chi connectivity index (χ3v) is 3.74. The zero-order valence-corrected chi connectivity index (χ0v) is 10.1. The number of phenols is 1. The largest absolute Gasteiger partial charge is 0.507 e. The fourth-order valence-electron chi connectivity index (χ4n) is 1.34. The van der Waals surface area contributed by atoms with Crippen LogP contribution >= 0.6 is 0 Å². The number of unbranched alkanes of at least 4 members (excludes halogenated alkanes) is 2. The van der Waals surface area contributed by atoms with Crippen LogP contribution in [0.25, 0.3) is 0 Å². The van der Waals surface area contributed by atoms with Crippen LogP contribution in [0.15, 0.2) is 29.2 Å². The number of phenolic OH excluding ortho intramolecular Hbond substituents is 1. The number of benzene rings is 1. The van der Waals surface area contributed by atoms with Crippen molar-refractivity contribution in [3.8, 4) is 5.75 Å². The molecule has 0 saturated heterocycles. The van der Waals surface area contributed by atoms with Gasteiger partial charge in [-0.2, -0.15) is 0 Å². The van der Waals surface area contributed by atoms with Gasteiger partial charge in [0.05, 0.1) is 0 Å². The molecule has 0 aliphatic heterocycles. The van der Waals surface area contributed by atoms with Gasteiger partial charge in [0.2, 0.25) is 10.0 Å². The van der Waals surface area contributed by atoms with Crippen LogP contribution in [0.3, 0.4) is 0 Å². The summed E-state index contributed by atoms with van der Waals surface area (Å²) in [7, 11) is -3.57. The molecule has 16 heavy (non-hydrogen) atoms. The number of hydrogen-bond donors (Lipinski definition) is 2. The Labute approximate surface area is 96.4 Å². The van der Waals surface area contributed by atoms with Crippen molar-refractivity contribution < 1.29 is 13.5 Å². The highest BCUT2D eigenvalue weighted by molar-refractivity contribution is 7.89. The Bertz CT molecular complexity index is 429. The second-order valence-corrected chi connectivity index (χ2v) is 5.31. The number of rotatable bonds is 6. The molecule has 0 bridgehead atoms. The highest BCUT2D eigenvalue weighted by atomic mass is 32.2. The lowest BCUT2D eigenvalue weighted by Gasteiger charge is -2.07. The molecule has 0 fully saturated rings. The van der Waals surface area contributed by atoms with Crippen LogP contribution in [-0.4, -0.2) is 20.1 Å². The van der Waals surface area contributed by atoms with E-state index in [1.807, 2.05) is 0 Å². The van der Waals surface area contributed by atoms with E-state index in [2.05, 4.69) is 11.6 Å². The first kappa shape index (κ1) is 13.0. The molecule has 0 aliphatic rings. The van der Waals surface area contributed by atoms with E-state index in [1.54, 1.807) is 12.1 Å². The fourth-order valence-corrected chi connectivity index (χ4v) is 2.51. The van der Waals surface area contributed by atoms with E-state index >= 15 is 0 Å². The van der Waals surface area contributed by atoms with E-state index in [1.165, 1.54) is 12.1 Å². The first-order valence-electron chi connectivity index (χ1n) is 5.35. The molecule has 5 heteroatoms. The summed E-state index contributed by atoms with van der Waals surface area (Å²) in [5.41, 5.74) is 0. The lowest BCUT2D eigenvalue weighted by Crippen LogP contribution is -2.24. The Kier molecular flexibility index (Phi) is 4.76. The van der Waals surface area contributed by atoms with Gasteiger partial charge in [-0.1, -0.05) is 31.9 Å². The maximum Gasteiger partial charge on any atom is 0.244 e. The Balaban J connectivity index is 2.68. The Morgan fingerprint density at radius 2 is 1.94 bits per heavy atom. The minimum Gasteiger partial charge on any atom is -0.507 e. The third-order valence-electron chi connectivity index (χ3n) is 2.23. The molecule has 0 heterocycles. The molecule has 1 aromatic carbocycles. The quantitative estimate of drug-likeness (QED) is 0.749. The summed E-state index contributed by atoms with van der Waals surface area (Å²) in [6, 6.07) is 5.92. The SMILES string of the molecule is CCCCCNS(=O)(=O)c1ccccc1O. The highest BCUT2D eigenvalue weighted by Crippen LogP contribution is 2.20. The van der Waals surface area contributed by atoms with Gasteiger partial charge in [0.1, 0.15) is 10.6 Å². The van der Waals surface area contributed by atoms with Gasteiger partial charge < -0.3 is 5.11 Å². The average Bonchev–Trinajstić information content (AvgIpc) is 2.25. The van der Waals surface area contributed by atoms with E-state index in [0.717, 1.165) is 19.3 Å². The van der Waals surface area contributed by atoms with Gasteiger partial charge in [0.25, 0.3) is 0 Å². The van der Waals surface area contributed by atoms with Crippen molar-refractivity contribution in [3.05, 3.63) is 24.3 Å². The van der Waals surface area contributed by atoms with Crippen molar-refractivity contribution >= 4 is 10.0 Å². The molecule has 1 rings (SSSR count). The van der Waals surface area contributed by atoms with E-state index in [4.69, 9.17) is 0 Å². The second kappa shape index (κ2) is 5.86. The van der Waals surface area contributed by atoms with Crippen molar-refractivity contribution in [3.63, 3.8) is 0 Å². The molecule has 0 aromatic heterocycles. The number of nitrogens with one attached hydrogen (secondary N) is 1.